The van der Waals surface area contributed by atoms with Crippen molar-refractivity contribution in [1.82, 2.24) is 15.2 Å². The quantitative estimate of drug-likeness (QED) is 0.295. The van der Waals surface area contributed by atoms with Crippen LogP contribution in [0.25, 0.3) is 0 Å². The molecule has 1 saturated carbocycles. The number of methoxy groups -OCH3 is 1. The number of carbonyl (C=O) groups excluding carboxylic acids is 1. The maximum Gasteiger partial charge on any atom is 0.407 e. The number of hydrogen-bond donors (Lipinski definition) is 3. The molecule has 0 aromatic heterocycles. The van der Waals surface area contributed by atoms with Crippen LogP contribution in [0.15, 0.2) is 59.5 Å². The Morgan fingerprint density at radius 1 is 1.07 bits per heavy atom. The molecule has 2 heterocycles. The Bertz CT molecular complexity index is 1290. The molecule has 2 aliphatic heterocycles. The lowest BCUT2D eigenvalue weighted by molar-refractivity contribution is -0.153. The molecular formula is C30H41N3O8S. The molecule has 4 unspecified atom stereocenters. The molecular weight excluding hydrogens is 562 g/mol. The molecule has 3 fully saturated rings. The smallest absolute Gasteiger partial charge is 0.407 e. The third-order valence-electron chi connectivity index (χ3n) is 8.06. The normalized spacial score (nSPS) is 26.3. The highest BCUT2D eigenvalue weighted by Gasteiger charge is 2.53. The van der Waals surface area contributed by atoms with Crippen LogP contribution in [0.4, 0.5) is 4.79 Å². The molecule has 11 nitrogen and oxygen atoms in total. The van der Waals surface area contributed by atoms with Crippen LogP contribution < -0.4 is 14.9 Å². The van der Waals surface area contributed by atoms with Crippen LogP contribution in [-0.4, -0.2) is 82.1 Å². The highest BCUT2D eigenvalue weighted by Crippen LogP contribution is 2.46. The fraction of sp³-hybridized carbons (Fsp3) is 0.567. The summed E-state index contributed by atoms with van der Waals surface area (Å²) >= 11 is 0. The fourth-order valence-electron chi connectivity index (χ4n) is 6.10. The standard InChI is InChI=1S/C30H41N3O8S/c1-19(2)16-33(32-42(36,37)24-11-9-23(38-3)10-12-24)17-26(34)25(13-20-7-5-4-6-8-20)31-30(35)41-28-22-14-21-15-27(28)40-29(21)39-18-22/h4-12,19,21-22,25-29,32,34H,13-18H2,1-3H3,(H,31,35)/t21?,22-,25?,26-,27+,28?,29?/m1/s1. The van der Waals surface area contributed by atoms with E-state index >= 15 is 0 Å². The van der Waals surface area contributed by atoms with Gasteiger partial charge in [0.1, 0.15) is 11.9 Å². The third kappa shape index (κ3) is 7.42. The Morgan fingerprint density at radius 3 is 2.50 bits per heavy atom. The van der Waals surface area contributed by atoms with E-state index in [9.17, 15) is 18.3 Å². The number of aliphatic hydroxyl groups is 1. The number of amides is 1. The second-order valence-corrected chi connectivity index (χ2v) is 13.5. The molecule has 3 bridgehead atoms. The Balaban J connectivity index is 1.28. The average Bonchev–Trinajstić information content (AvgIpc) is 3.25. The van der Waals surface area contributed by atoms with Crippen LogP contribution in [0.1, 0.15) is 32.3 Å². The molecule has 12 heteroatoms. The van der Waals surface area contributed by atoms with E-state index < -0.39 is 34.4 Å². The van der Waals surface area contributed by atoms with Gasteiger partial charge in [-0.3, -0.25) is 0 Å². The minimum absolute atomic E-state index is 0.0658. The lowest BCUT2D eigenvalue weighted by Crippen LogP contribution is -2.55. The first kappa shape index (κ1) is 30.7. The highest BCUT2D eigenvalue weighted by atomic mass is 32.2. The first-order valence-electron chi connectivity index (χ1n) is 14.5. The zero-order chi connectivity index (χ0) is 29.9. The van der Waals surface area contributed by atoms with Gasteiger partial charge in [0, 0.05) is 24.9 Å². The number of nitrogens with zero attached hydrogens (tertiary/aromatic N) is 1. The number of hydrazine groups is 1. The van der Waals surface area contributed by atoms with Crippen molar-refractivity contribution in [2.24, 2.45) is 17.8 Å². The maximum absolute atomic E-state index is 13.2. The third-order valence-corrected chi connectivity index (χ3v) is 9.45. The van der Waals surface area contributed by atoms with Crippen LogP contribution in [0.3, 0.4) is 0 Å². The van der Waals surface area contributed by atoms with Gasteiger partial charge >= 0.3 is 6.09 Å². The van der Waals surface area contributed by atoms with Crippen molar-refractivity contribution < 1.29 is 37.3 Å². The predicted molar refractivity (Wildman–Crippen MR) is 154 cm³/mol. The van der Waals surface area contributed by atoms with Gasteiger partial charge < -0.3 is 29.4 Å². The van der Waals surface area contributed by atoms with Crippen molar-refractivity contribution >= 4 is 16.1 Å². The van der Waals surface area contributed by atoms with E-state index in [4.69, 9.17) is 18.9 Å². The number of ether oxygens (including phenoxy) is 4. The second-order valence-electron chi connectivity index (χ2n) is 11.8. The number of aliphatic hydroxyl groups excluding tert-OH is 1. The summed E-state index contributed by atoms with van der Waals surface area (Å²) in [5.41, 5.74) is 0.905. The zero-order valence-electron chi connectivity index (χ0n) is 24.2. The molecule has 2 aromatic carbocycles. The van der Waals surface area contributed by atoms with Crippen molar-refractivity contribution in [1.29, 1.82) is 0 Å². The highest BCUT2D eigenvalue weighted by molar-refractivity contribution is 7.89. The summed E-state index contributed by atoms with van der Waals surface area (Å²) in [5, 5.41) is 15.8. The summed E-state index contributed by atoms with van der Waals surface area (Å²) in [5.74, 6) is 1.04. The SMILES string of the molecule is COc1ccc(S(=O)(=O)NN(CC(C)C)C[C@@H](O)C(Cc2ccccc2)NC(=O)OC2[C@H]3COC4O[C@H]2CC4C3)cc1. The summed E-state index contributed by atoms with van der Waals surface area (Å²) in [4.78, 5) is 15.9. The molecule has 0 spiro atoms. The van der Waals surface area contributed by atoms with Gasteiger partial charge in [-0.2, -0.15) is 0 Å². The van der Waals surface area contributed by atoms with Crippen molar-refractivity contribution in [3.8, 4) is 5.75 Å². The molecule has 2 saturated heterocycles. The van der Waals surface area contributed by atoms with Crippen molar-refractivity contribution in [2.75, 3.05) is 26.8 Å². The topological polar surface area (TPSA) is 136 Å². The molecule has 7 atom stereocenters. The van der Waals surface area contributed by atoms with Crippen LogP contribution in [0, 0.1) is 17.8 Å². The number of rotatable bonds is 13. The van der Waals surface area contributed by atoms with Gasteiger partial charge in [0.2, 0.25) is 0 Å². The summed E-state index contributed by atoms with van der Waals surface area (Å²) < 4.78 is 49.2. The van der Waals surface area contributed by atoms with E-state index in [-0.39, 0.29) is 35.7 Å². The lowest BCUT2D eigenvalue weighted by Gasteiger charge is -2.37. The lowest BCUT2D eigenvalue weighted by atomic mass is 9.78. The van der Waals surface area contributed by atoms with Crippen LogP contribution >= 0.6 is 0 Å². The number of nitrogens with one attached hydrogen (secondary N) is 2. The number of hydrogen-bond acceptors (Lipinski definition) is 9. The molecule has 5 rings (SSSR count). The Hall–Kier alpha value is -2.74. The summed E-state index contributed by atoms with van der Waals surface area (Å²) in [6.45, 7) is 4.66. The van der Waals surface area contributed by atoms with E-state index in [0.717, 1.165) is 18.4 Å². The van der Waals surface area contributed by atoms with E-state index in [2.05, 4.69) is 10.1 Å². The summed E-state index contributed by atoms with van der Waals surface area (Å²) in [7, 11) is -2.43. The molecule has 3 N–H and O–H groups in total. The van der Waals surface area contributed by atoms with Crippen LogP contribution in [-0.2, 0) is 30.7 Å². The molecule has 2 aromatic rings. The van der Waals surface area contributed by atoms with Gasteiger partial charge in [-0.25, -0.2) is 18.2 Å². The van der Waals surface area contributed by atoms with Crippen molar-refractivity contribution in [3.05, 3.63) is 60.2 Å². The van der Waals surface area contributed by atoms with E-state index in [0.29, 0.717) is 31.2 Å². The van der Waals surface area contributed by atoms with Gasteiger partial charge in [0.25, 0.3) is 10.0 Å². The van der Waals surface area contributed by atoms with E-state index in [1.54, 1.807) is 12.1 Å². The number of carbonyl (C=O) groups is 1. The van der Waals surface area contributed by atoms with Crippen LogP contribution in [0.2, 0.25) is 0 Å². The minimum Gasteiger partial charge on any atom is -0.497 e. The number of sulfonamides is 1. The average molecular weight is 604 g/mol. The zero-order valence-corrected chi connectivity index (χ0v) is 25.0. The first-order valence-corrected chi connectivity index (χ1v) is 16.0. The van der Waals surface area contributed by atoms with Crippen molar-refractivity contribution in [2.45, 2.75) is 68.6 Å². The molecule has 3 aliphatic rings. The number of alkyl carbamates (subject to hydrolysis) is 1. The number of benzene rings is 2. The Morgan fingerprint density at radius 2 is 1.81 bits per heavy atom. The van der Waals surface area contributed by atoms with Crippen LogP contribution in [0.5, 0.6) is 5.75 Å². The summed E-state index contributed by atoms with van der Waals surface area (Å²) in [6, 6.07) is 14.8. The molecule has 1 amide bonds. The molecule has 230 valence electrons. The van der Waals surface area contributed by atoms with E-state index in [1.807, 2.05) is 44.2 Å². The van der Waals surface area contributed by atoms with Gasteiger partial charge in [-0.15, -0.1) is 4.83 Å². The monoisotopic (exact) mass is 603 g/mol. The Labute approximate surface area is 247 Å². The van der Waals surface area contributed by atoms with Crippen molar-refractivity contribution in [3.63, 3.8) is 0 Å². The Kier molecular flexibility index (Phi) is 9.70. The van der Waals surface area contributed by atoms with Gasteiger partial charge in [0.15, 0.2) is 6.29 Å². The van der Waals surface area contributed by atoms with E-state index in [1.165, 1.54) is 24.3 Å². The van der Waals surface area contributed by atoms with Gasteiger partial charge in [0.05, 0.1) is 36.9 Å². The fourth-order valence-corrected chi connectivity index (χ4v) is 7.19. The van der Waals surface area contributed by atoms with Gasteiger partial charge in [-0.1, -0.05) is 44.2 Å². The molecule has 1 aliphatic carbocycles. The molecule has 0 radical (unpaired) electrons. The number of fused-ring (bicyclic) bond motifs is 2. The predicted octanol–water partition coefficient (Wildman–Crippen LogP) is 2.69. The molecule has 42 heavy (non-hydrogen) atoms. The largest absolute Gasteiger partial charge is 0.497 e. The summed E-state index contributed by atoms with van der Waals surface area (Å²) in [6.07, 6.45) is -0.598. The van der Waals surface area contributed by atoms with Gasteiger partial charge in [-0.05, 0) is 55.0 Å². The first-order chi connectivity index (χ1) is 20.1. The minimum atomic E-state index is -3.94. The maximum atomic E-state index is 13.2. The second kappa shape index (κ2) is 13.3.